The molecule has 1 heterocycles. The number of nitrogens with one attached hydrogen (secondary N) is 1. The van der Waals surface area contributed by atoms with Crippen LogP contribution in [0.15, 0.2) is 152 Å². The Morgan fingerprint density at radius 2 is 0.887 bits per heavy atom. The van der Waals surface area contributed by atoms with Crippen LogP contribution >= 0.6 is 0 Å². The van der Waals surface area contributed by atoms with Gasteiger partial charge in [-0.1, -0.05) is 236 Å². The van der Waals surface area contributed by atoms with E-state index in [-0.39, 0.29) is 26.2 Å². The number of unbranched alkanes of at least 4 members (excludes halogenated alkanes) is 11. The molecular formula is C61H81NO9. The van der Waals surface area contributed by atoms with Crippen LogP contribution in [0.25, 0.3) is 0 Å². The molecular weight excluding hydrogens is 891 g/mol. The third-order valence-electron chi connectivity index (χ3n) is 13.4. The summed E-state index contributed by atoms with van der Waals surface area (Å²) in [5.41, 5.74) is 4.87. The topological polar surface area (TPSA) is 125 Å². The number of alkyl carbamates (subject to hydrolysis) is 1. The molecule has 0 aliphatic carbocycles. The van der Waals surface area contributed by atoms with Crippen LogP contribution < -0.4 is 5.32 Å². The Hall–Kier alpha value is -4.91. The second-order valence-electron chi connectivity index (χ2n) is 19.1. The summed E-state index contributed by atoms with van der Waals surface area (Å²) in [7, 11) is 0. The highest BCUT2D eigenvalue weighted by Crippen LogP contribution is 2.34. The first-order chi connectivity index (χ1) is 35.0. The zero-order valence-electron chi connectivity index (χ0n) is 42.2. The first-order valence-electron chi connectivity index (χ1n) is 26.5. The Morgan fingerprint density at radius 3 is 1.35 bits per heavy atom. The lowest BCUT2D eigenvalue weighted by atomic mass is 9.89. The second kappa shape index (κ2) is 32.9. The third-order valence-corrected chi connectivity index (χ3v) is 13.4. The van der Waals surface area contributed by atoms with E-state index in [0.717, 1.165) is 47.1 Å². The van der Waals surface area contributed by atoms with Crippen LogP contribution in [0, 0.1) is 0 Å². The predicted molar refractivity (Wildman–Crippen MR) is 280 cm³/mol. The monoisotopic (exact) mass is 972 g/mol. The molecule has 8 atom stereocenters. The zero-order valence-corrected chi connectivity index (χ0v) is 42.2. The van der Waals surface area contributed by atoms with Gasteiger partial charge in [0.05, 0.1) is 51.3 Å². The first-order valence-corrected chi connectivity index (χ1v) is 26.5. The van der Waals surface area contributed by atoms with Gasteiger partial charge in [0.2, 0.25) is 0 Å². The van der Waals surface area contributed by atoms with Crippen LogP contribution in [0.2, 0.25) is 0 Å². The fourth-order valence-corrected chi connectivity index (χ4v) is 9.34. The van der Waals surface area contributed by atoms with Crippen molar-refractivity contribution >= 4 is 6.09 Å². The molecule has 1 aliphatic rings. The quantitative estimate of drug-likeness (QED) is 0.0346. The van der Waals surface area contributed by atoms with Crippen molar-refractivity contribution in [2.75, 3.05) is 6.61 Å². The molecule has 1 aliphatic heterocycles. The number of rotatable bonds is 34. The second-order valence-corrected chi connectivity index (χ2v) is 19.1. The van der Waals surface area contributed by atoms with Crippen LogP contribution in [0.1, 0.15) is 131 Å². The summed E-state index contributed by atoms with van der Waals surface area (Å²) in [6.45, 7) is 3.79. The lowest BCUT2D eigenvalue weighted by Crippen LogP contribution is -2.61. The third kappa shape index (κ3) is 20.6. The average molecular weight is 972 g/mol. The van der Waals surface area contributed by atoms with E-state index in [4.69, 9.17) is 28.4 Å². The van der Waals surface area contributed by atoms with Gasteiger partial charge in [0, 0.05) is 0 Å². The minimum atomic E-state index is -1.27. The van der Waals surface area contributed by atoms with Crippen LogP contribution in [0.4, 0.5) is 4.79 Å². The fourth-order valence-electron chi connectivity index (χ4n) is 9.34. The zero-order chi connectivity index (χ0) is 49.6. The molecule has 1 saturated heterocycles. The van der Waals surface area contributed by atoms with E-state index in [0.29, 0.717) is 32.7 Å². The van der Waals surface area contributed by atoms with Gasteiger partial charge in [0.1, 0.15) is 37.1 Å². The van der Waals surface area contributed by atoms with Crippen LogP contribution in [-0.4, -0.2) is 71.7 Å². The van der Waals surface area contributed by atoms with Crippen molar-refractivity contribution < 1.29 is 43.4 Å². The van der Waals surface area contributed by atoms with E-state index < -0.39 is 54.9 Å². The molecule has 0 saturated carbocycles. The van der Waals surface area contributed by atoms with Crippen molar-refractivity contribution in [1.29, 1.82) is 0 Å². The maximum atomic E-state index is 13.6. The van der Waals surface area contributed by atoms with Crippen LogP contribution in [0.5, 0.6) is 0 Å². The molecule has 1 amide bonds. The summed E-state index contributed by atoms with van der Waals surface area (Å²) < 4.78 is 40.0. The van der Waals surface area contributed by atoms with Crippen molar-refractivity contribution in [2.45, 2.75) is 185 Å². The predicted octanol–water partition coefficient (Wildman–Crippen LogP) is 12.6. The maximum absolute atomic E-state index is 13.6. The number of amides is 1. The van der Waals surface area contributed by atoms with Crippen molar-refractivity contribution in [3.8, 4) is 0 Å². The summed E-state index contributed by atoms with van der Waals surface area (Å²) in [6, 6.07) is 48.7. The van der Waals surface area contributed by atoms with Gasteiger partial charge >= 0.3 is 6.09 Å². The summed E-state index contributed by atoms with van der Waals surface area (Å²) in [5.74, 6) is 0. The SMILES string of the molecule is CCCCCCCCCCCCCC[C@H](O)[C@@H](O)[C@H](CC[C@@H]1OC(COCc2ccccc2)[C@H](OCc2ccccc2)[C@H](OCc2ccccc2)C1OCc1ccccc1)NC(=O)OCc1ccccc1. The van der Waals surface area contributed by atoms with Gasteiger partial charge in [0.25, 0.3) is 0 Å². The molecule has 10 heteroatoms. The van der Waals surface area contributed by atoms with Gasteiger partial charge in [-0.15, -0.1) is 0 Å². The van der Waals surface area contributed by atoms with Gasteiger partial charge < -0.3 is 44.0 Å². The molecule has 2 unspecified atom stereocenters. The molecule has 3 N–H and O–H groups in total. The minimum absolute atomic E-state index is 0.0630. The molecule has 6 rings (SSSR count). The largest absolute Gasteiger partial charge is 0.445 e. The minimum Gasteiger partial charge on any atom is -0.445 e. The highest BCUT2D eigenvalue weighted by Gasteiger charge is 2.48. The fraction of sp³-hybridized carbons (Fsp3) is 0.492. The summed E-state index contributed by atoms with van der Waals surface area (Å²) in [6.07, 6.45) is 9.31. The Bertz CT molecular complexity index is 2100. The molecule has 5 aromatic carbocycles. The van der Waals surface area contributed by atoms with Crippen molar-refractivity contribution in [3.63, 3.8) is 0 Å². The molecule has 0 spiro atoms. The van der Waals surface area contributed by atoms with E-state index in [9.17, 15) is 15.0 Å². The highest BCUT2D eigenvalue weighted by molar-refractivity contribution is 5.67. The Kier molecular flexibility index (Phi) is 25.7. The van der Waals surface area contributed by atoms with E-state index in [1.165, 1.54) is 57.8 Å². The number of carbonyl (C=O) groups excluding carboxylic acids is 1. The molecule has 1 fully saturated rings. The lowest BCUT2D eigenvalue weighted by Gasteiger charge is -2.46. The average Bonchev–Trinajstić information content (AvgIpc) is 3.41. The number of aliphatic hydroxyl groups excluding tert-OH is 2. The number of hydrogen-bond acceptors (Lipinski definition) is 9. The molecule has 10 nitrogen and oxygen atoms in total. The Balaban J connectivity index is 1.21. The van der Waals surface area contributed by atoms with E-state index in [1.807, 2.05) is 152 Å². The number of benzene rings is 5. The molecule has 0 aromatic heterocycles. The summed E-state index contributed by atoms with van der Waals surface area (Å²) in [5, 5.41) is 26.4. The van der Waals surface area contributed by atoms with Gasteiger partial charge in [0.15, 0.2) is 0 Å². The summed E-state index contributed by atoms with van der Waals surface area (Å²) >= 11 is 0. The Morgan fingerprint density at radius 1 is 0.493 bits per heavy atom. The van der Waals surface area contributed by atoms with E-state index in [2.05, 4.69) is 12.2 Å². The summed E-state index contributed by atoms with van der Waals surface area (Å²) in [4.78, 5) is 13.6. The molecule has 384 valence electrons. The van der Waals surface area contributed by atoms with E-state index >= 15 is 0 Å². The number of aliphatic hydroxyl groups is 2. The smallest absolute Gasteiger partial charge is 0.407 e. The standard InChI is InChI=1S/C61H81NO9/c1-2-3-4-5-6-7-8-9-10-11-12-28-39-54(63)57(64)53(62-61(65)70-46-52-37-26-17-27-38-52)40-41-55-58(67-43-49-31-20-14-21-32-49)60(69-45-51-35-24-16-25-36-51)59(68-44-50-33-22-15-23-34-50)56(71-55)47-66-42-48-29-18-13-19-30-48/h13-27,29-38,53-60,63-64H,2-12,28,39-47H2,1H3,(H,62,65)/t53-,54-,55-,56?,57-,58?,59-,60+/m0/s1. The van der Waals surface area contributed by atoms with E-state index in [1.54, 1.807) is 0 Å². The highest BCUT2D eigenvalue weighted by atomic mass is 16.6. The van der Waals surface area contributed by atoms with Crippen molar-refractivity contribution in [3.05, 3.63) is 179 Å². The lowest BCUT2D eigenvalue weighted by molar-refractivity contribution is -0.274. The first kappa shape index (κ1) is 55.4. The van der Waals surface area contributed by atoms with Crippen molar-refractivity contribution in [1.82, 2.24) is 5.32 Å². The molecule has 0 radical (unpaired) electrons. The molecule has 71 heavy (non-hydrogen) atoms. The number of hydrogen-bond donors (Lipinski definition) is 3. The maximum Gasteiger partial charge on any atom is 0.407 e. The van der Waals surface area contributed by atoms with Crippen molar-refractivity contribution in [2.24, 2.45) is 0 Å². The number of carbonyl (C=O) groups is 1. The molecule has 0 bridgehead atoms. The van der Waals surface area contributed by atoms with Crippen LogP contribution in [0.3, 0.4) is 0 Å². The van der Waals surface area contributed by atoms with Gasteiger partial charge in [-0.25, -0.2) is 4.79 Å². The van der Waals surface area contributed by atoms with Crippen LogP contribution in [-0.2, 0) is 61.5 Å². The van der Waals surface area contributed by atoms with Gasteiger partial charge in [-0.05, 0) is 47.1 Å². The van der Waals surface area contributed by atoms with Gasteiger partial charge in [-0.2, -0.15) is 0 Å². The Labute approximate surface area is 424 Å². The number of ether oxygens (including phenoxy) is 6. The van der Waals surface area contributed by atoms with Gasteiger partial charge in [-0.3, -0.25) is 0 Å². The normalized spacial score (nSPS) is 19.2. The molecule has 5 aromatic rings.